The summed E-state index contributed by atoms with van der Waals surface area (Å²) in [6, 6.07) is 6.80. The molecule has 0 aliphatic heterocycles. The molecule has 0 saturated carbocycles. The van der Waals surface area contributed by atoms with Crippen molar-refractivity contribution in [3.8, 4) is 0 Å². The van der Waals surface area contributed by atoms with Gasteiger partial charge in [0.15, 0.2) is 0 Å². The van der Waals surface area contributed by atoms with Crippen LogP contribution in [0, 0.1) is 10.1 Å². The van der Waals surface area contributed by atoms with Gasteiger partial charge in [0.2, 0.25) is 6.10 Å². The predicted octanol–water partition coefficient (Wildman–Crippen LogP) is 3.77. The second kappa shape index (κ2) is 6.91. The van der Waals surface area contributed by atoms with E-state index in [-0.39, 0.29) is 5.56 Å². The maximum Gasteiger partial charge on any atom is 0.543 e. The van der Waals surface area contributed by atoms with Crippen LogP contribution in [-0.2, 0) is 14.3 Å². The van der Waals surface area contributed by atoms with Gasteiger partial charge in [-0.25, -0.2) is 4.18 Å². The third-order valence-electron chi connectivity index (χ3n) is 2.99. The van der Waals surface area contributed by atoms with Gasteiger partial charge in [0, 0.05) is 4.47 Å². The highest BCUT2D eigenvalue weighted by atomic mass is 79.9. The summed E-state index contributed by atoms with van der Waals surface area (Å²) in [6.45, 7) is 0. The fraction of sp³-hybridized carbons (Fsp3) is 0.143. The predicted molar refractivity (Wildman–Crippen MR) is 83.5 cm³/mol. The van der Waals surface area contributed by atoms with E-state index in [0.717, 1.165) is 24.3 Å². The van der Waals surface area contributed by atoms with Crippen LogP contribution in [0.5, 0.6) is 0 Å². The Hall–Kier alpha value is -1.91. The molecule has 128 valence electrons. The molecular formula is C14H10BrF2NO5S. The maximum atomic E-state index is 13.9. The first-order chi connectivity index (χ1) is 11.1. The molecule has 0 saturated heterocycles. The van der Waals surface area contributed by atoms with Gasteiger partial charge in [-0.05, 0) is 29.8 Å². The van der Waals surface area contributed by atoms with Crippen molar-refractivity contribution in [3.63, 3.8) is 0 Å². The van der Waals surface area contributed by atoms with E-state index in [1.54, 1.807) is 0 Å². The van der Waals surface area contributed by atoms with E-state index in [9.17, 15) is 27.3 Å². The molecule has 2 aromatic carbocycles. The third kappa shape index (κ3) is 3.94. The van der Waals surface area contributed by atoms with Crippen molar-refractivity contribution in [2.45, 2.75) is 17.0 Å². The summed E-state index contributed by atoms with van der Waals surface area (Å²) >= 11 is 3.11. The molecule has 0 radical (unpaired) electrons. The number of alkyl halides is 2. The van der Waals surface area contributed by atoms with Crippen LogP contribution in [0.25, 0.3) is 0 Å². The Morgan fingerprint density at radius 3 is 2.12 bits per heavy atom. The van der Waals surface area contributed by atoms with Crippen molar-refractivity contribution >= 4 is 26.0 Å². The summed E-state index contributed by atoms with van der Waals surface area (Å²) in [7, 11) is -4.65. The number of halogens is 3. The Labute approximate surface area is 144 Å². The number of nitrogens with zero attached hydrogens (tertiary/aromatic N) is 1. The zero-order valence-electron chi connectivity index (χ0n) is 11.8. The summed E-state index contributed by atoms with van der Waals surface area (Å²) in [5, 5.41) is 10.7. The van der Waals surface area contributed by atoms with Crippen molar-refractivity contribution in [2.75, 3.05) is 0 Å². The quantitative estimate of drug-likeness (QED) is 0.306. The van der Waals surface area contributed by atoms with E-state index in [4.69, 9.17) is 0 Å². The normalized spacial score (nSPS) is 13.5. The van der Waals surface area contributed by atoms with Gasteiger partial charge in [-0.2, -0.15) is 8.42 Å². The topological polar surface area (TPSA) is 86.5 Å². The van der Waals surface area contributed by atoms with Crippen molar-refractivity contribution in [1.29, 1.82) is 0 Å². The number of hydrogen-bond acceptors (Lipinski definition) is 5. The molecule has 6 nitrogen and oxygen atoms in total. The summed E-state index contributed by atoms with van der Waals surface area (Å²) in [5.74, 6) is 0. The molecule has 1 atom stereocenters. The average Bonchev–Trinajstić information content (AvgIpc) is 2.53. The number of hydrogen-bond donors (Lipinski definition) is 0. The molecule has 0 bridgehead atoms. The summed E-state index contributed by atoms with van der Waals surface area (Å²) in [6.07, 6.45) is -2.60. The van der Waals surface area contributed by atoms with Crippen molar-refractivity contribution in [2.24, 2.45) is 0 Å². The molecule has 0 fully saturated rings. The zero-order chi connectivity index (χ0) is 18.0. The Morgan fingerprint density at radius 2 is 1.62 bits per heavy atom. The van der Waals surface area contributed by atoms with Crippen LogP contribution in [0.3, 0.4) is 0 Å². The van der Waals surface area contributed by atoms with Gasteiger partial charge in [0.25, 0.3) is 10.1 Å². The minimum absolute atomic E-state index is 0.333. The number of rotatable bonds is 6. The molecule has 0 aliphatic rings. The van der Waals surface area contributed by atoms with Gasteiger partial charge in [-0.15, -0.1) is 8.78 Å². The SMILES string of the molecule is O=[N+]([O-])C(F)(F)[C@H](OS(=O)(=O)c1ccc(Br)cc1)c1ccccc1. The molecular weight excluding hydrogens is 412 g/mol. The largest absolute Gasteiger partial charge is 0.543 e. The van der Waals surface area contributed by atoms with E-state index < -0.39 is 32.1 Å². The van der Waals surface area contributed by atoms with Gasteiger partial charge in [0.05, 0.1) is 9.82 Å². The molecule has 0 spiro atoms. The van der Waals surface area contributed by atoms with Crippen molar-refractivity contribution in [1.82, 2.24) is 0 Å². The smallest absolute Gasteiger partial charge is 0.259 e. The second-order valence-electron chi connectivity index (χ2n) is 4.64. The van der Waals surface area contributed by atoms with Crippen LogP contribution >= 0.6 is 15.9 Å². The molecule has 2 aromatic rings. The van der Waals surface area contributed by atoms with Crippen LogP contribution in [0.4, 0.5) is 8.78 Å². The Balaban J connectivity index is 2.45. The lowest BCUT2D eigenvalue weighted by Crippen LogP contribution is -2.37. The minimum Gasteiger partial charge on any atom is -0.259 e. The Morgan fingerprint density at radius 1 is 1.08 bits per heavy atom. The van der Waals surface area contributed by atoms with Gasteiger partial charge >= 0.3 is 6.05 Å². The van der Waals surface area contributed by atoms with Crippen LogP contribution < -0.4 is 0 Å². The highest BCUT2D eigenvalue weighted by molar-refractivity contribution is 9.10. The van der Waals surface area contributed by atoms with Crippen LogP contribution in [0.1, 0.15) is 11.7 Å². The van der Waals surface area contributed by atoms with E-state index in [1.165, 1.54) is 30.3 Å². The lowest BCUT2D eigenvalue weighted by atomic mass is 10.1. The summed E-state index contributed by atoms with van der Waals surface area (Å²) in [5.41, 5.74) is -0.333. The number of nitro groups is 1. The zero-order valence-corrected chi connectivity index (χ0v) is 14.2. The monoisotopic (exact) mass is 421 g/mol. The lowest BCUT2D eigenvalue weighted by Gasteiger charge is -2.20. The molecule has 0 N–H and O–H groups in total. The Bertz CT molecular complexity index is 828. The summed E-state index contributed by atoms with van der Waals surface area (Å²) < 4.78 is 57.3. The van der Waals surface area contributed by atoms with E-state index >= 15 is 0 Å². The fourth-order valence-corrected chi connectivity index (χ4v) is 3.15. The van der Waals surface area contributed by atoms with Gasteiger partial charge < -0.3 is 0 Å². The molecule has 2 rings (SSSR count). The molecule has 0 unspecified atom stereocenters. The van der Waals surface area contributed by atoms with Gasteiger partial charge in [-0.1, -0.05) is 46.3 Å². The molecule has 0 aromatic heterocycles. The second-order valence-corrected chi connectivity index (χ2v) is 7.13. The van der Waals surface area contributed by atoms with Crippen LogP contribution in [0.2, 0.25) is 0 Å². The van der Waals surface area contributed by atoms with Crippen LogP contribution in [-0.4, -0.2) is 19.4 Å². The van der Waals surface area contributed by atoms with E-state index in [2.05, 4.69) is 20.1 Å². The van der Waals surface area contributed by atoms with Gasteiger partial charge in [-0.3, -0.25) is 10.1 Å². The highest BCUT2D eigenvalue weighted by Crippen LogP contribution is 2.37. The Kier molecular flexibility index (Phi) is 5.31. The average molecular weight is 422 g/mol. The third-order valence-corrected chi connectivity index (χ3v) is 4.81. The number of benzene rings is 2. The molecule has 24 heavy (non-hydrogen) atoms. The first-order valence-corrected chi connectivity index (χ1v) is 8.61. The standard InChI is InChI=1S/C14H10BrF2NO5S/c15-11-6-8-12(9-7-11)24(21,22)23-13(14(16,17)18(19)20)10-4-2-1-3-5-10/h1-9,13H/t13-/m1/s1. The first-order valence-electron chi connectivity index (χ1n) is 6.40. The van der Waals surface area contributed by atoms with Crippen LogP contribution in [0.15, 0.2) is 64.0 Å². The lowest BCUT2D eigenvalue weighted by molar-refractivity contribution is -0.657. The molecule has 0 aliphatic carbocycles. The molecule has 10 heteroatoms. The molecule has 0 heterocycles. The fourth-order valence-electron chi connectivity index (χ4n) is 1.82. The van der Waals surface area contributed by atoms with Gasteiger partial charge in [0.1, 0.15) is 0 Å². The van der Waals surface area contributed by atoms with Crippen molar-refractivity contribution in [3.05, 3.63) is 74.7 Å². The van der Waals surface area contributed by atoms with Crippen molar-refractivity contribution < 1.29 is 26.3 Å². The maximum absolute atomic E-state index is 13.9. The minimum atomic E-state index is -4.65. The molecule has 0 amide bonds. The first kappa shape index (κ1) is 18.4. The van der Waals surface area contributed by atoms with E-state index in [0.29, 0.717) is 4.47 Å². The van der Waals surface area contributed by atoms with E-state index in [1.807, 2.05) is 0 Å². The summed E-state index contributed by atoms with van der Waals surface area (Å²) in [4.78, 5) is 8.41. The highest BCUT2D eigenvalue weighted by Gasteiger charge is 2.56.